The molecule has 0 N–H and O–H groups in total. The molecule has 2 rings (SSSR count). The van der Waals surface area contributed by atoms with Crippen LogP contribution in [0.4, 0.5) is 0 Å². The van der Waals surface area contributed by atoms with Crippen LogP contribution in [0, 0.1) is 10.1 Å². The highest BCUT2D eigenvalue weighted by atomic mass is 16.6. The first kappa shape index (κ1) is 13.5. The van der Waals surface area contributed by atoms with Crippen molar-refractivity contribution in [3.05, 3.63) is 52.1 Å². The number of carbonyl (C=O) groups is 1. The van der Waals surface area contributed by atoms with Crippen molar-refractivity contribution in [3.8, 4) is 0 Å². The van der Waals surface area contributed by atoms with Crippen LogP contribution < -0.4 is 0 Å². The molecular weight excluding hydrogens is 242 g/mol. The lowest BCUT2D eigenvalue weighted by Gasteiger charge is -2.26. The van der Waals surface area contributed by atoms with Crippen molar-refractivity contribution in [1.82, 2.24) is 0 Å². The zero-order valence-corrected chi connectivity index (χ0v) is 10.7. The lowest BCUT2D eigenvalue weighted by molar-refractivity contribution is -0.553. The number of benzene rings is 1. The maximum Gasteiger partial charge on any atom is 0.282 e. The topological polar surface area (TPSA) is 60.2 Å². The first-order valence-electron chi connectivity index (χ1n) is 6.54. The lowest BCUT2D eigenvalue weighted by Crippen LogP contribution is -2.48. The summed E-state index contributed by atoms with van der Waals surface area (Å²) in [6.45, 7) is 0. The highest BCUT2D eigenvalue weighted by molar-refractivity contribution is 5.88. The molecule has 1 aromatic carbocycles. The van der Waals surface area contributed by atoms with E-state index in [2.05, 4.69) is 0 Å². The number of Topliss-reactive ketones (excluding diaryl/α,β-unsaturated/α-hetero) is 1. The minimum absolute atomic E-state index is 0.188. The van der Waals surface area contributed by atoms with E-state index in [0.29, 0.717) is 12.8 Å². The van der Waals surface area contributed by atoms with Gasteiger partial charge in [-0.2, -0.15) is 0 Å². The van der Waals surface area contributed by atoms with E-state index >= 15 is 0 Å². The Hall–Kier alpha value is -1.97. The van der Waals surface area contributed by atoms with E-state index in [4.69, 9.17) is 0 Å². The van der Waals surface area contributed by atoms with E-state index in [1.165, 1.54) is 0 Å². The van der Waals surface area contributed by atoms with E-state index < -0.39 is 5.54 Å². The number of nitrogens with zero attached hydrogens (tertiary/aromatic N) is 1. The normalized spacial score (nSPS) is 23.7. The smallest absolute Gasteiger partial charge is 0.282 e. The molecule has 1 saturated carbocycles. The second kappa shape index (κ2) is 5.78. The molecule has 1 fully saturated rings. The fourth-order valence-corrected chi connectivity index (χ4v) is 2.51. The quantitative estimate of drug-likeness (QED) is 0.616. The van der Waals surface area contributed by atoms with Crippen molar-refractivity contribution < 1.29 is 9.72 Å². The van der Waals surface area contributed by atoms with Crippen molar-refractivity contribution in [2.45, 2.75) is 37.6 Å². The van der Waals surface area contributed by atoms with Crippen LogP contribution in [0.15, 0.2) is 36.4 Å². The van der Waals surface area contributed by atoms with Gasteiger partial charge in [0.15, 0.2) is 0 Å². The van der Waals surface area contributed by atoms with Crippen LogP contribution in [0.1, 0.15) is 37.7 Å². The Labute approximate surface area is 112 Å². The summed E-state index contributed by atoms with van der Waals surface area (Å²) in [4.78, 5) is 22.8. The predicted octanol–water partition coefficient (Wildman–Crippen LogP) is 3.25. The Kier molecular flexibility index (Phi) is 4.10. The highest BCUT2D eigenvalue weighted by Crippen LogP contribution is 2.31. The minimum atomic E-state index is -1.39. The predicted molar refractivity (Wildman–Crippen MR) is 73.3 cm³/mol. The second-order valence-electron chi connectivity index (χ2n) is 4.94. The van der Waals surface area contributed by atoms with Gasteiger partial charge in [0.1, 0.15) is 0 Å². The Bertz CT molecular complexity index is 495. The van der Waals surface area contributed by atoms with Crippen molar-refractivity contribution >= 4 is 11.9 Å². The molecule has 0 radical (unpaired) electrons. The zero-order valence-electron chi connectivity index (χ0n) is 10.7. The summed E-state index contributed by atoms with van der Waals surface area (Å²) >= 11 is 0. The number of ketones is 1. The largest absolute Gasteiger partial charge is 0.292 e. The van der Waals surface area contributed by atoms with Crippen molar-refractivity contribution in [2.75, 3.05) is 0 Å². The van der Waals surface area contributed by atoms with Crippen molar-refractivity contribution in [3.63, 3.8) is 0 Å². The lowest BCUT2D eigenvalue weighted by atomic mass is 9.78. The van der Waals surface area contributed by atoms with E-state index in [9.17, 15) is 14.9 Å². The molecule has 100 valence electrons. The third-order valence-electron chi connectivity index (χ3n) is 3.68. The fourth-order valence-electron chi connectivity index (χ4n) is 2.51. The minimum Gasteiger partial charge on any atom is -0.292 e. The molecule has 1 aliphatic carbocycles. The summed E-state index contributed by atoms with van der Waals surface area (Å²) in [5, 5.41) is 11.3. The second-order valence-corrected chi connectivity index (χ2v) is 4.94. The summed E-state index contributed by atoms with van der Waals surface area (Å²) in [6, 6.07) is 9.60. The van der Waals surface area contributed by atoms with Gasteiger partial charge in [0, 0.05) is 24.2 Å². The molecule has 0 aromatic heterocycles. The summed E-state index contributed by atoms with van der Waals surface area (Å²) in [5.41, 5.74) is -0.395. The summed E-state index contributed by atoms with van der Waals surface area (Å²) in [7, 11) is 0. The molecule has 1 aliphatic rings. The average Bonchev–Trinajstić information content (AvgIpc) is 2.42. The highest BCUT2D eigenvalue weighted by Gasteiger charge is 2.50. The summed E-state index contributed by atoms with van der Waals surface area (Å²) in [6.07, 6.45) is 6.00. The van der Waals surface area contributed by atoms with Crippen LogP contribution in [-0.4, -0.2) is 16.2 Å². The fraction of sp³-hybridized carbons (Fsp3) is 0.400. The van der Waals surface area contributed by atoms with Crippen molar-refractivity contribution in [1.29, 1.82) is 0 Å². The van der Waals surface area contributed by atoms with Crippen LogP contribution in [0.5, 0.6) is 0 Å². The molecule has 0 spiro atoms. The van der Waals surface area contributed by atoms with Crippen LogP contribution in [0.3, 0.4) is 0 Å². The van der Waals surface area contributed by atoms with Gasteiger partial charge < -0.3 is 0 Å². The van der Waals surface area contributed by atoms with Crippen molar-refractivity contribution in [2.24, 2.45) is 0 Å². The molecule has 1 aromatic rings. The van der Waals surface area contributed by atoms with Gasteiger partial charge in [-0.3, -0.25) is 14.9 Å². The maximum absolute atomic E-state index is 11.9. The molecule has 0 heterocycles. The Morgan fingerprint density at radius 3 is 2.63 bits per heavy atom. The third-order valence-corrected chi connectivity index (χ3v) is 3.68. The molecule has 19 heavy (non-hydrogen) atoms. The average molecular weight is 259 g/mol. The molecule has 4 heteroatoms. The SMILES string of the molecule is O=C1CCCCC1(C/C=C/c1ccccc1)[N+](=O)[O-]. The van der Waals surface area contributed by atoms with Crippen LogP contribution in [0.25, 0.3) is 6.08 Å². The third kappa shape index (κ3) is 2.89. The molecule has 1 atom stereocenters. The van der Waals surface area contributed by atoms with Gasteiger partial charge in [-0.1, -0.05) is 42.5 Å². The van der Waals surface area contributed by atoms with Crippen LogP contribution in [-0.2, 0) is 4.79 Å². The van der Waals surface area contributed by atoms with Crippen LogP contribution >= 0.6 is 0 Å². The summed E-state index contributed by atoms with van der Waals surface area (Å²) < 4.78 is 0. The van der Waals surface area contributed by atoms with E-state index in [-0.39, 0.29) is 17.1 Å². The van der Waals surface area contributed by atoms with E-state index in [1.807, 2.05) is 36.4 Å². The zero-order chi connectivity index (χ0) is 13.7. The molecule has 0 bridgehead atoms. The number of hydrogen-bond acceptors (Lipinski definition) is 3. The first-order chi connectivity index (χ1) is 9.15. The van der Waals surface area contributed by atoms with Gasteiger partial charge in [-0.25, -0.2) is 0 Å². The maximum atomic E-state index is 11.9. The monoisotopic (exact) mass is 259 g/mol. The summed E-state index contributed by atoms with van der Waals surface area (Å²) in [5.74, 6) is -0.221. The van der Waals surface area contributed by atoms with E-state index in [0.717, 1.165) is 18.4 Å². The molecule has 4 nitrogen and oxygen atoms in total. The molecule has 1 unspecified atom stereocenters. The Morgan fingerprint density at radius 1 is 1.26 bits per heavy atom. The Morgan fingerprint density at radius 2 is 2.00 bits per heavy atom. The number of nitro groups is 1. The Balaban J connectivity index is 2.12. The number of carbonyl (C=O) groups excluding carboxylic acids is 1. The standard InChI is InChI=1S/C15H17NO3/c17-14-10-4-5-11-15(14,16(18)19)12-6-9-13-7-2-1-3-8-13/h1-3,6-9H,4-5,10-12H2/b9-6+. The first-order valence-corrected chi connectivity index (χ1v) is 6.54. The van der Waals surface area contributed by atoms with Gasteiger partial charge in [0.2, 0.25) is 5.78 Å². The van der Waals surface area contributed by atoms with Gasteiger partial charge in [0.25, 0.3) is 5.54 Å². The molecular formula is C15H17NO3. The van der Waals surface area contributed by atoms with Gasteiger partial charge >= 0.3 is 0 Å². The number of hydrogen-bond donors (Lipinski definition) is 0. The molecule has 0 saturated heterocycles. The van der Waals surface area contributed by atoms with Gasteiger partial charge in [-0.05, 0) is 18.4 Å². The molecule has 0 aliphatic heterocycles. The number of rotatable bonds is 4. The molecule has 0 amide bonds. The van der Waals surface area contributed by atoms with Gasteiger partial charge in [-0.15, -0.1) is 0 Å². The van der Waals surface area contributed by atoms with Gasteiger partial charge in [0.05, 0.1) is 0 Å². The van der Waals surface area contributed by atoms with Crippen LogP contribution in [0.2, 0.25) is 0 Å². The van der Waals surface area contributed by atoms with E-state index in [1.54, 1.807) is 6.08 Å².